The number of ether oxygens (including phenoxy) is 6. The SMILES string of the molecule is C#CCOCCOCCOCCOCCOCCC(=O)Nc1ccc(N2CCC[C@H](N(Cc3ccnc(OC)c3)Cc3cn(C4CC4)c4cc(F)c(F)cc4c3=O)C2)cn1. The van der Waals surface area contributed by atoms with Gasteiger partial charge < -0.3 is 43.2 Å². The summed E-state index contributed by atoms with van der Waals surface area (Å²) in [4.78, 5) is 39.8. The first kappa shape index (κ1) is 44.5. The van der Waals surface area contributed by atoms with E-state index < -0.39 is 11.6 Å². The predicted molar refractivity (Wildman–Crippen MR) is 222 cm³/mol. The predicted octanol–water partition coefficient (Wildman–Crippen LogP) is 5.13. The van der Waals surface area contributed by atoms with E-state index in [1.165, 1.54) is 0 Å². The molecular formula is C44H54F2N6O8. The molecule has 0 spiro atoms. The summed E-state index contributed by atoms with van der Waals surface area (Å²) in [5, 5.41) is 3.02. The molecule has 0 bridgehead atoms. The van der Waals surface area contributed by atoms with Crippen molar-refractivity contribution in [2.75, 3.05) is 96.5 Å². The molecule has 1 aromatic carbocycles. The van der Waals surface area contributed by atoms with Gasteiger partial charge in [-0.25, -0.2) is 18.7 Å². The van der Waals surface area contributed by atoms with E-state index in [2.05, 4.69) is 31.0 Å². The van der Waals surface area contributed by atoms with Crippen molar-refractivity contribution in [2.45, 2.75) is 57.3 Å². The number of piperidine rings is 1. The summed E-state index contributed by atoms with van der Waals surface area (Å²) in [6.45, 7) is 6.25. The first-order valence-corrected chi connectivity index (χ1v) is 20.4. The standard InChI is InChI=1S/C44H54F2N6O8/c1-3-14-56-16-18-58-20-22-60-23-21-59-19-17-57-15-11-42(53)49-41-9-8-35(27-48-41)50-13-4-5-36(31-50)51(28-32-10-12-47-43(24-32)55-2)29-33-30-52(34-6-7-34)40-26-39(46)38(45)25-37(40)44(33)54/h1,8-10,12,24-27,30,34,36H,4-7,11,13-23,28-29,31H2,2H3,(H,48,49,53)/t36-/m0/s1. The van der Waals surface area contributed by atoms with E-state index in [-0.39, 0.29) is 48.4 Å². The van der Waals surface area contributed by atoms with Crippen LogP contribution < -0.4 is 20.4 Å². The normalized spacial score (nSPS) is 15.4. The molecular weight excluding hydrogens is 779 g/mol. The fourth-order valence-electron chi connectivity index (χ4n) is 7.11. The lowest BCUT2D eigenvalue weighted by atomic mass is 10.0. The second-order valence-electron chi connectivity index (χ2n) is 14.7. The van der Waals surface area contributed by atoms with E-state index in [0.29, 0.717) is 95.3 Å². The Morgan fingerprint density at radius 1 is 0.900 bits per heavy atom. The molecule has 1 saturated heterocycles. The molecule has 60 heavy (non-hydrogen) atoms. The van der Waals surface area contributed by atoms with Crippen molar-refractivity contribution in [3.8, 4) is 18.2 Å². The highest BCUT2D eigenvalue weighted by molar-refractivity contribution is 5.89. The molecule has 1 saturated carbocycles. The van der Waals surface area contributed by atoms with Crippen LogP contribution >= 0.6 is 0 Å². The van der Waals surface area contributed by atoms with Crippen molar-refractivity contribution >= 4 is 28.3 Å². The third-order valence-corrected chi connectivity index (χ3v) is 10.3. The van der Waals surface area contributed by atoms with E-state index in [1.807, 2.05) is 29.0 Å². The molecule has 0 unspecified atom stereocenters. The zero-order valence-corrected chi connectivity index (χ0v) is 34.1. The van der Waals surface area contributed by atoms with E-state index in [4.69, 9.17) is 34.8 Å². The number of hydrogen-bond donors (Lipinski definition) is 1. The number of benzene rings is 1. The van der Waals surface area contributed by atoms with Crippen molar-refractivity contribution in [2.24, 2.45) is 0 Å². The second kappa shape index (κ2) is 23.1. The van der Waals surface area contributed by atoms with Crippen LogP contribution in [0.3, 0.4) is 0 Å². The van der Waals surface area contributed by atoms with Crippen LogP contribution in [-0.4, -0.2) is 118 Å². The monoisotopic (exact) mass is 832 g/mol. The summed E-state index contributed by atoms with van der Waals surface area (Å²) >= 11 is 0. The Labute approximate surface area is 349 Å². The Kier molecular flexibility index (Phi) is 17.1. The molecule has 4 heterocycles. The van der Waals surface area contributed by atoms with Crippen LogP contribution in [0.5, 0.6) is 5.88 Å². The molecule has 1 N–H and O–H groups in total. The Morgan fingerprint density at radius 3 is 2.27 bits per heavy atom. The molecule has 3 aromatic heterocycles. The van der Waals surface area contributed by atoms with E-state index in [1.54, 1.807) is 25.6 Å². The molecule has 2 aliphatic rings. The number of carbonyl (C=O) groups is 1. The van der Waals surface area contributed by atoms with Gasteiger partial charge in [0.25, 0.3) is 0 Å². The fraction of sp³-hybridized carbons (Fsp3) is 0.500. The van der Waals surface area contributed by atoms with Crippen LogP contribution in [0.2, 0.25) is 0 Å². The van der Waals surface area contributed by atoms with Crippen LogP contribution in [0.25, 0.3) is 10.9 Å². The van der Waals surface area contributed by atoms with Gasteiger partial charge in [-0.15, -0.1) is 6.42 Å². The topological polar surface area (TPSA) is 139 Å². The molecule has 0 radical (unpaired) electrons. The summed E-state index contributed by atoms with van der Waals surface area (Å²) in [7, 11) is 1.57. The maximum Gasteiger partial charge on any atom is 0.227 e. The molecule has 1 amide bonds. The van der Waals surface area contributed by atoms with Gasteiger partial charge in [-0.2, -0.15) is 0 Å². The minimum absolute atomic E-state index is 0.0342. The number of carbonyl (C=O) groups excluding carboxylic acids is 1. The molecule has 322 valence electrons. The van der Waals surface area contributed by atoms with Crippen LogP contribution in [0.4, 0.5) is 20.3 Å². The summed E-state index contributed by atoms with van der Waals surface area (Å²) < 4.78 is 63.2. The second-order valence-corrected chi connectivity index (χ2v) is 14.7. The van der Waals surface area contributed by atoms with Gasteiger partial charge in [0.1, 0.15) is 12.4 Å². The van der Waals surface area contributed by atoms with E-state index in [9.17, 15) is 18.4 Å². The lowest BCUT2D eigenvalue weighted by Gasteiger charge is -2.40. The largest absolute Gasteiger partial charge is 0.481 e. The summed E-state index contributed by atoms with van der Waals surface area (Å²) in [6.07, 6.45) is 14.2. The molecule has 6 rings (SSSR count). The number of terminal acetylenes is 1. The molecule has 16 heteroatoms. The molecule has 2 fully saturated rings. The number of hydrogen-bond acceptors (Lipinski definition) is 12. The maximum atomic E-state index is 14.5. The Balaban J connectivity index is 0.984. The van der Waals surface area contributed by atoms with E-state index >= 15 is 0 Å². The lowest BCUT2D eigenvalue weighted by Crippen LogP contribution is -2.48. The van der Waals surface area contributed by atoms with Crippen molar-refractivity contribution in [3.63, 3.8) is 0 Å². The van der Waals surface area contributed by atoms with E-state index in [0.717, 1.165) is 55.6 Å². The number of halogens is 2. The zero-order valence-electron chi connectivity index (χ0n) is 34.1. The van der Waals surface area contributed by atoms with Crippen LogP contribution in [-0.2, 0) is 41.6 Å². The molecule has 4 aromatic rings. The van der Waals surface area contributed by atoms with Gasteiger partial charge in [0.05, 0.1) is 90.4 Å². The third kappa shape index (κ3) is 13.2. The average Bonchev–Trinajstić information content (AvgIpc) is 4.11. The zero-order chi connectivity index (χ0) is 42.1. The number of rotatable bonds is 25. The van der Waals surface area contributed by atoms with Gasteiger partial charge in [0.15, 0.2) is 17.1 Å². The van der Waals surface area contributed by atoms with Crippen LogP contribution in [0, 0.1) is 24.0 Å². The highest BCUT2D eigenvalue weighted by Crippen LogP contribution is 2.37. The molecule has 14 nitrogen and oxygen atoms in total. The smallest absolute Gasteiger partial charge is 0.227 e. The number of pyridine rings is 3. The van der Waals surface area contributed by atoms with Gasteiger partial charge in [0.2, 0.25) is 11.8 Å². The molecule has 1 aliphatic carbocycles. The van der Waals surface area contributed by atoms with Gasteiger partial charge in [-0.1, -0.05) is 5.92 Å². The summed E-state index contributed by atoms with van der Waals surface area (Å²) in [5.41, 5.74) is 2.52. The van der Waals surface area contributed by atoms with Gasteiger partial charge in [-0.05, 0) is 55.5 Å². The first-order valence-electron chi connectivity index (χ1n) is 20.4. The summed E-state index contributed by atoms with van der Waals surface area (Å²) in [6, 6.07) is 9.88. The Hall–Kier alpha value is -5.02. The number of nitrogens with zero attached hydrogens (tertiary/aromatic N) is 5. The number of amides is 1. The van der Waals surface area contributed by atoms with Crippen LogP contribution in [0.1, 0.15) is 49.3 Å². The number of aromatic nitrogens is 3. The van der Waals surface area contributed by atoms with Gasteiger partial charge in [-0.3, -0.25) is 14.5 Å². The Bertz CT molecular complexity index is 2090. The highest BCUT2D eigenvalue weighted by Gasteiger charge is 2.30. The number of fused-ring (bicyclic) bond motifs is 1. The minimum Gasteiger partial charge on any atom is -0.481 e. The lowest BCUT2D eigenvalue weighted by molar-refractivity contribution is -0.117. The number of methoxy groups -OCH3 is 1. The van der Waals surface area contributed by atoms with Crippen molar-refractivity contribution in [1.82, 2.24) is 19.4 Å². The molecule has 1 atom stereocenters. The summed E-state index contributed by atoms with van der Waals surface area (Å²) in [5.74, 6) is 1.11. The quantitative estimate of drug-likeness (QED) is 0.0701. The third-order valence-electron chi connectivity index (χ3n) is 10.3. The Morgan fingerprint density at radius 2 is 1.60 bits per heavy atom. The minimum atomic E-state index is -1.04. The number of anilines is 2. The van der Waals surface area contributed by atoms with Gasteiger partial charge >= 0.3 is 0 Å². The van der Waals surface area contributed by atoms with Gasteiger partial charge in [0, 0.05) is 73.7 Å². The maximum absolute atomic E-state index is 14.5. The highest BCUT2D eigenvalue weighted by atomic mass is 19.2. The van der Waals surface area contributed by atoms with Crippen molar-refractivity contribution < 1.29 is 42.0 Å². The van der Waals surface area contributed by atoms with Crippen molar-refractivity contribution in [3.05, 3.63) is 88.0 Å². The van der Waals surface area contributed by atoms with Crippen molar-refractivity contribution in [1.29, 1.82) is 0 Å². The van der Waals surface area contributed by atoms with Crippen LogP contribution in [0.15, 0.2) is 59.8 Å². The fourth-order valence-corrected chi connectivity index (χ4v) is 7.11. The average molecular weight is 833 g/mol. The number of nitrogens with one attached hydrogen (secondary N) is 1. The first-order chi connectivity index (χ1) is 29.3. The molecule has 1 aliphatic heterocycles.